The first-order valence-electron chi connectivity index (χ1n) is 9.58. The van der Waals surface area contributed by atoms with Crippen molar-refractivity contribution >= 4 is 51.3 Å². The van der Waals surface area contributed by atoms with Crippen molar-refractivity contribution in [2.75, 3.05) is 10.6 Å². The third-order valence-corrected chi connectivity index (χ3v) is 6.35. The van der Waals surface area contributed by atoms with Crippen LogP contribution >= 0.6 is 22.9 Å². The van der Waals surface area contributed by atoms with Crippen LogP contribution in [0.25, 0.3) is 0 Å². The first-order valence-corrected chi connectivity index (χ1v) is 10.8. The highest BCUT2D eigenvalue weighted by atomic mass is 35.5. The van der Waals surface area contributed by atoms with E-state index in [0.717, 1.165) is 36.1 Å². The first kappa shape index (κ1) is 21.0. The van der Waals surface area contributed by atoms with Crippen LogP contribution in [-0.2, 0) is 24.2 Å². The summed E-state index contributed by atoms with van der Waals surface area (Å²) in [5, 5.41) is 17.5. The number of halogens is 1. The number of anilines is 2. The van der Waals surface area contributed by atoms with Gasteiger partial charge in [0.05, 0.1) is 5.56 Å². The Morgan fingerprint density at radius 3 is 2.65 bits per heavy atom. The Kier molecular flexibility index (Phi) is 6.01. The molecule has 1 aromatic carbocycles. The van der Waals surface area contributed by atoms with Gasteiger partial charge in [0.1, 0.15) is 17.7 Å². The van der Waals surface area contributed by atoms with E-state index >= 15 is 0 Å². The fraction of sp³-hybridized carbons (Fsp3) is 0.250. The van der Waals surface area contributed by atoms with Crippen LogP contribution in [0.1, 0.15) is 33.6 Å². The van der Waals surface area contributed by atoms with Crippen LogP contribution in [0, 0.1) is 10.1 Å². The lowest BCUT2D eigenvalue weighted by Crippen LogP contribution is -2.21. The minimum Gasteiger partial charge on any atom is -0.358 e. The van der Waals surface area contributed by atoms with Gasteiger partial charge in [0.2, 0.25) is 12.2 Å². The molecule has 1 aliphatic carbocycles. The molecule has 0 saturated carbocycles. The van der Waals surface area contributed by atoms with Crippen LogP contribution in [0.5, 0.6) is 0 Å². The minimum atomic E-state index is -0.624. The quantitative estimate of drug-likeness (QED) is 0.421. The highest BCUT2D eigenvalue weighted by Gasteiger charge is 2.26. The summed E-state index contributed by atoms with van der Waals surface area (Å²) in [4.78, 5) is 40.6. The van der Waals surface area contributed by atoms with Gasteiger partial charge in [-0.25, -0.2) is 0 Å². The summed E-state index contributed by atoms with van der Waals surface area (Å²) < 4.78 is 1.33. The normalized spacial score (nSPS) is 12.8. The average Bonchev–Trinajstić information content (AvgIpc) is 3.34. The molecule has 4 rings (SSSR count). The molecule has 0 unspecified atom stereocenters. The number of carbonyl (C=O) groups is 2. The van der Waals surface area contributed by atoms with Crippen molar-refractivity contribution in [2.24, 2.45) is 0 Å². The molecule has 9 nitrogen and oxygen atoms in total. The standard InChI is InChI=1S/C20H18ClN5O4S/c21-12-5-7-13(8-6-12)23-19(28)18-14-3-1-2-4-15(14)31-20(18)24-17(27)10-25-9-16(22-11-25)26(29)30/h5-9,11H,1-4,10H2,(H,23,28)(H,24,27). The zero-order valence-corrected chi connectivity index (χ0v) is 17.8. The fourth-order valence-electron chi connectivity index (χ4n) is 3.48. The van der Waals surface area contributed by atoms with Crippen molar-refractivity contribution < 1.29 is 14.5 Å². The molecule has 2 aromatic heterocycles. The molecule has 2 N–H and O–H groups in total. The molecule has 0 fully saturated rings. The largest absolute Gasteiger partial charge is 0.381 e. The molecule has 1 aliphatic rings. The zero-order chi connectivity index (χ0) is 22.0. The van der Waals surface area contributed by atoms with Crippen molar-refractivity contribution in [3.63, 3.8) is 0 Å². The lowest BCUT2D eigenvalue weighted by Gasteiger charge is -2.13. The molecule has 0 aliphatic heterocycles. The van der Waals surface area contributed by atoms with Gasteiger partial charge >= 0.3 is 5.82 Å². The number of aryl methyl sites for hydroxylation is 1. The highest BCUT2D eigenvalue weighted by Crippen LogP contribution is 2.38. The van der Waals surface area contributed by atoms with E-state index in [-0.39, 0.29) is 18.3 Å². The van der Waals surface area contributed by atoms with Crippen molar-refractivity contribution in [3.05, 3.63) is 67.9 Å². The molecule has 0 saturated heterocycles. The number of imidazole rings is 1. The summed E-state index contributed by atoms with van der Waals surface area (Å²) >= 11 is 7.31. The number of fused-ring (bicyclic) bond motifs is 1. The predicted molar refractivity (Wildman–Crippen MR) is 118 cm³/mol. The molecule has 31 heavy (non-hydrogen) atoms. The SMILES string of the molecule is O=C(Cn1cnc([N+](=O)[O-])c1)Nc1sc2c(c1C(=O)Nc1ccc(Cl)cc1)CCCC2. The van der Waals surface area contributed by atoms with Crippen LogP contribution in [0.15, 0.2) is 36.8 Å². The smallest absolute Gasteiger partial charge is 0.358 e. The third-order valence-electron chi connectivity index (χ3n) is 4.89. The van der Waals surface area contributed by atoms with Crippen molar-refractivity contribution in [2.45, 2.75) is 32.2 Å². The molecule has 11 heteroatoms. The highest BCUT2D eigenvalue weighted by molar-refractivity contribution is 7.17. The second-order valence-corrected chi connectivity index (χ2v) is 8.63. The van der Waals surface area contributed by atoms with Gasteiger partial charge in [-0.05, 0) is 65.4 Å². The molecular formula is C20H18ClN5O4S. The summed E-state index contributed by atoms with van der Waals surface area (Å²) in [7, 11) is 0. The monoisotopic (exact) mass is 459 g/mol. The van der Waals surface area contributed by atoms with E-state index in [1.165, 1.54) is 28.4 Å². The van der Waals surface area contributed by atoms with E-state index in [4.69, 9.17) is 11.6 Å². The summed E-state index contributed by atoms with van der Waals surface area (Å²) in [6.07, 6.45) is 6.08. The van der Waals surface area contributed by atoms with Crippen LogP contribution in [0.4, 0.5) is 16.5 Å². The fourth-order valence-corrected chi connectivity index (χ4v) is 4.91. The molecule has 0 bridgehead atoms. The molecule has 2 heterocycles. The Hall–Kier alpha value is -3.24. The van der Waals surface area contributed by atoms with E-state index in [9.17, 15) is 19.7 Å². The Labute approximate surface area is 186 Å². The van der Waals surface area contributed by atoms with E-state index in [1.54, 1.807) is 24.3 Å². The number of nitrogens with one attached hydrogen (secondary N) is 2. The topological polar surface area (TPSA) is 119 Å². The lowest BCUT2D eigenvalue weighted by molar-refractivity contribution is -0.389. The van der Waals surface area contributed by atoms with E-state index in [0.29, 0.717) is 21.3 Å². The predicted octanol–water partition coefficient (Wildman–Crippen LogP) is 4.28. The van der Waals surface area contributed by atoms with Crippen LogP contribution in [-0.4, -0.2) is 26.3 Å². The van der Waals surface area contributed by atoms with Gasteiger partial charge in [0.15, 0.2) is 0 Å². The lowest BCUT2D eigenvalue weighted by atomic mass is 9.95. The van der Waals surface area contributed by atoms with Crippen LogP contribution < -0.4 is 10.6 Å². The average molecular weight is 460 g/mol. The molecule has 3 aromatic rings. The Bertz CT molecular complexity index is 1160. The maximum Gasteiger partial charge on any atom is 0.381 e. The van der Waals surface area contributed by atoms with Crippen LogP contribution in [0.2, 0.25) is 5.02 Å². The number of nitrogens with zero attached hydrogens (tertiary/aromatic N) is 3. The summed E-state index contributed by atoms with van der Waals surface area (Å²) in [5.74, 6) is -1.02. The minimum absolute atomic E-state index is 0.151. The maximum atomic E-state index is 13.1. The van der Waals surface area contributed by atoms with E-state index in [1.807, 2.05) is 0 Å². The first-order chi connectivity index (χ1) is 14.9. The van der Waals surface area contributed by atoms with Gasteiger partial charge in [-0.3, -0.25) is 9.59 Å². The number of rotatable bonds is 6. The van der Waals surface area contributed by atoms with Gasteiger partial charge in [-0.15, -0.1) is 11.3 Å². The number of carbonyl (C=O) groups excluding carboxylic acids is 2. The summed E-state index contributed by atoms with van der Waals surface area (Å²) in [6, 6.07) is 6.80. The molecule has 0 radical (unpaired) electrons. The van der Waals surface area contributed by atoms with Gasteiger partial charge in [0, 0.05) is 15.6 Å². The number of thiophene rings is 1. The Morgan fingerprint density at radius 2 is 1.94 bits per heavy atom. The zero-order valence-electron chi connectivity index (χ0n) is 16.3. The van der Waals surface area contributed by atoms with Gasteiger partial charge < -0.3 is 25.3 Å². The molecule has 0 spiro atoms. The second-order valence-electron chi connectivity index (χ2n) is 7.09. The number of aromatic nitrogens is 2. The Balaban J connectivity index is 1.55. The number of hydrogen-bond donors (Lipinski definition) is 2. The molecule has 2 amide bonds. The van der Waals surface area contributed by atoms with Crippen LogP contribution in [0.3, 0.4) is 0 Å². The Morgan fingerprint density at radius 1 is 1.19 bits per heavy atom. The second kappa shape index (κ2) is 8.86. The van der Waals surface area contributed by atoms with E-state index in [2.05, 4.69) is 15.6 Å². The number of benzene rings is 1. The van der Waals surface area contributed by atoms with Gasteiger partial charge in [-0.2, -0.15) is 0 Å². The number of hydrogen-bond acceptors (Lipinski definition) is 6. The number of amides is 2. The third kappa shape index (κ3) is 4.75. The summed E-state index contributed by atoms with van der Waals surface area (Å²) in [6.45, 7) is -0.151. The van der Waals surface area contributed by atoms with Gasteiger partial charge in [0.25, 0.3) is 5.91 Å². The molecule has 0 atom stereocenters. The van der Waals surface area contributed by atoms with Crippen molar-refractivity contribution in [1.29, 1.82) is 0 Å². The molecular weight excluding hydrogens is 442 g/mol. The van der Waals surface area contributed by atoms with Crippen molar-refractivity contribution in [3.8, 4) is 0 Å². The summed E-state index contributed by atoms with van der Waals surface area (Å²) in [5.41, 5.74) is 2.05. The van der Waals surface area contributed by atoms with E-state index < -0.39 is 10.8 Å². The number of nitro groups is 1. The molecule has 160 valence electrons. The maximum absolute atomic E-state index is 13.1. The van der Waals surface area contributed by atoms with Crippen molar-refractivity contribution in [1.82, 2.24) is 9.55 Å². The van der Waals surface area contributed by atoms with Gasteiger partial charge in [-0.1, -0.05) is 11.6 Å².